The molecule has 0 aliphatic heterocycles. The normalized spacial score (nSPS) is 14.5. The summed E-state index contributed by atoms with van der Waals surface area (Å²) in [5, 5.41) is 3.56. The van der Waals surface area contributed by atoms with E-state index in [-0.39, 0.29) is 0 Å². The minimum absolute atomic E-state index is 0.296. The molecular weight excluding hydrogens is 210 g/mol. The topological polar surface area (TPSA) is 25.2 Å². The Labute approximate surface area is 103 Å². The minimum atomic E-state index is 0.296. The van der Waals surface area contributed by atoms with Crippen molar-refractivity contribution in [1.29, 1.82) is 0 Å². The first-order valence-electron chi connectivity index (χ1n) is 6.01. The Kier molecular flexibility index (Phi) is 3.64. The fourth-order valence-corrected chi connectivity index (χ4v) is 1.94. The third-order valence-corrected chi connectivity index (χ3v) is 3.12. The van der Waals surface area contributed by atoms with Gasteiger partial charge in [0.1, 0.15) is 0 Å². The molecule has 0 radical (unpaired) electrons. The van der Waals surface area contributed by atoms with Crippen molar-refractivity contribution in [2.45, 2.75) is 32.9 Å². The Morgan fingerprint density at radius 3 is 2.18 bits per heavy atom. The van der Waals surface area contributed by atoms with Gasteiger partial charge in [0.25, 0.3) is 0 Å². The number of hydrogen-bond acceptors (Lipinski definition) is 2. The van der Waals surface area contributed by atoms with Gasteiger partial charge in [-0.15, -0.1) is 0 Å². The molecule has 1 heterocycles. The van der Waals surface area contributed by atoms with Gasteiger partial charge >= 0.3 is 0 Å². The Morgan fingerprint density at radius 1 is 0.941 bits per heavy atom. The van der Waals surface area contributed by atoms with Gasteiger partial charge < -0.3 is 9.73 Å². The van der Waals surface area contributed by atoms with Gasteiger partial charge in [-0.3, -0.25) is 0 Å². The fraction of sp³-hybridized carbons (Fsp3) is 0.333. The van der Waals surface area contributed by atoms with E-state index in [1.807, 2.05) is 6.07 Å². The molecule has 1 aromatic carbocycles. The summed E-state index contributed by atoms with van der Waals surface area (Å²) >= 11 is 0. The second-order valence-electron chi connectivity index (χ2n) is 4.58. The van der Waals surface area contributed by atoms with Crippen LogP contribution in [0.2, 0.25) is 0 Å². The molecule has 2 nitrogen and oxygen atoms in total. The fourth-order valence-electron chi connectivity index (χ4n) is 1.94. The second-order valence-corrected chi connectivity index (χ2v) is 4.58. The van der Waals surface area contributed by atoms with Gasteiger partial charge in [0.05, 0.1) is 12.5 Å². The van der Waals surface area contributed by atoms with Crippen LogP contribution in [0.1, 0.15) is 42.6 Å². The van der Waals surface area contributed by atoms with Crippen molar-refractivity contribution < 1.29 is 4.42 Å². The monoisotopic (exact) mass is 229 g/mol. The van der Waals surface area contributed by atoms with E-state index in [2.05, 4.69) is 50.4 Å². The summed E-state index contributed by atoms with van der Waals surface area (Å²) in [4.78, 5) is 0. The van der Waals surface area contributed by atoms with Gasteiger partial charge in [0.15, 0.2) is 0 Å². The van der Waals surface area contributed by atoms with Gasteiger partial charge in [-0.2, -0.15) is 0 Å². The molecule has 2 unspecified atom stereocenters. The number of furan rings is 1. The Balaban J connectivity index is 2.01. The molecule has 0 spiro atoms. The van der Waals surface area contributed by atoms with E-state index in [4.69, 9.17) is 4.42 Å². The Bertz CT molecular complexity index is 444. The van der Waals surface area contributed by atoms with Gasteiger partial charge in [-0.25, -0.2) is 0 Å². The average molecular weight is 229 g/mol. The number of aryl methyl sites for hydroxylation is 1. The highest BCUT2D eigenvalue weighted by Gasteiger charge is 2.11. The number of hydrogen-bond donors (Lipinski definition) is 1. The van der Waals surface area contributed by atoms with Crippen molar-refractivity contribution in [1.82, 2.24) is 5.32 Å². The molecule has 17 heavy (non-hydrogen) atoms. The summed E-state index contributed by atoms with van der Waals surface area (Å²) in [7, 11) is 0. The van der Waals surface area contributed by atoms with Crippen LogP contribution < -0.4 is 5.32 Å². The van der Waals surface area contributed by atoms with E-state index in [9.17, 15) is 0 Å². The van der Waals surface area contributed by atoms with E-state index in [1.165, 1.54) is 16.7 Å². The standard InChI is InChI=1S/C15H19NO/c1-11-4-6-14(7-5-11)12(2)16-13(3)15-8-9-17-10-15/h4-10,12-13,16H,1-3H3. The van der Waals surface area contributed by atoms with Crippen LogP contribution in [0.15, 0.2) is 47.3 Å². The molecule has 0 amide bonds. The van der Waals surface area contributed by atoms with E-state index in [0.717, 1.165) is 0 Å². The summed E-state index contributed by atoms with van der Waals surface area (Å²) < 4.78 is 5.10. The summed E-state index contributed by atoms with van der Waals surface area (Å²) in [5.74, 6) is 0. The maximum Gasteiger partial charge on any atom is 0.0950 e. The summed E-state index contributed by atoms with van der Waals surface area (Å²) in [6, 6.07) is 11.3. The highest BCUT2D eigenvalue weighted by molar-refractivity contribution is 5.24. The van der Waals surface area contributed by atoms with Crippen molar-refractivity contribution in [3.63, 3.8) is 0 Å². The molecule has 1 aromatic heterocycles. The lowest BCUT2D eigenvalue weighted by atomic mass is 10.0. The number of benzene rings is 1. The molecule has 2 aromatic rings. The largest absolute Gasteiger partial charge is 0.472 e. The lowest BCUT2D eigenvalue weighted by Crippen LogP contribution is -2.22. The van der Waals surface area contributed by atoms with Crippen molar-refractivity contribution in [3.8, 4) is 0 Å². The molecule has 0 fully saturated rings. The third-order valence-electron chi connectivity index (χ3n) is 3.12. The molecule has 1 N–H and O–H groups in total. The van der Waals surface area contributed by atoms with Gasteiger partial charge in [0.2, 0.25) is 0 Å². The van der Waals surface area contributed by atoms with E-state index in [0.29, 0.717) is 12.1 Å². The van der Waals surface area contributed by atoms with Crippen LogP contribution in [0.25, 0.3) is 0 Å². The maximum absolute atomic E-state index is 5.10. The highest BCUT2D eigenvalue weighted by Crippen LogP contribution is 2.19. The van der Waals surface area contributed by atoms with Crippen LogP contribution in [0.5, 0.6) is 0 Å². The molecule has 2 rings (SSSR count). The highest BCUT2D eigenvalue weighted by atomic mass is 16.3. The summed E-state index contributed by atoms with van der Waals surface area (Å²) in [6.45, 7) is 6.44. The quantitative estimate of drug-likeness (QED) is 0.857. The van der Waals surface area contributed by atoms with Crippen LogP contribution >= 0.6 is 0 Å². The smallest absolute Gasteiger partial charge is 0.0950 e. The number of nitrogens with one attached hydrogen (secondary N) is 1. The first-order valence-corrected chi connectivity index (χ1v) is 6.01. The predicted molar refractivity (Wildman–Crippen MR) is 69.9 cm³/mol. The zero-order valence-corrected chi connectivity index (χ0v) is 10.6. The van der Waals surface area contributed by atoms with Crippen molar-refractivity contribution in [3.05, 3.63) is 59.5 Å². The molecule has 2 atom stereocenters. The predicted octanol–water partition coefficient (Wildman–Crippen LogP) is 4.00. The lowest BCUT2D eigenvalue weighted by molar-refractivity contribution is 0.486. The van der Waals surface area contributed by atoms with Gasteiger partial charge in [-0.1, -0.05) is 29.8 Å². The van der Waals surface area contributed by atoms with Crippen molar-refractivity contribution in [2.24, 2.45) is 0 Å². The van der Waals surface area contributed by atoms with E-state index in [1.54, 1.807) is 12.5 Å². The van der Waals surface area contributed by atoms with Crippen LogP contribution in [0.4, 0.5) is 0 Å². The average Bonchev–Trinajstić information content (AvgIpc) is 2.83. The van der Waals surface area contributed by atoms with E-state index < -0.39 is 0 Å². The van der Waals surface area contributed by atoms with Crippen LogP contribution in [0.3, 0.4) is 0 Å². The summed E-state index contributed by atoms with van der Waals surface area (Å²) in [5.41, 5.74) is 3.79. The molecule has 90 valence electrons. The Morgan fingerprint density at radius 2 is 1.59 bits per heavy atom. The van der Waals surface area contributed by atoms with E-state index >= 15 is 0 Å². The molecule has 0 saturated carbocycles. The molecule has 0 aliphatic rings. The molecular formula is C15H19NO. The maximum atomic E-state index is 5.10. The molecule has 0 aliphatic carbocycles. The first kappa shape index (κ1) is 11.9. The molecule has 2 heteroatoms. The van der Waals surface area contributed by atoms with Crippen LogP contribution in [-0.4, -0.2) is 0 Å². The van der Waals surface area contributed by atoms with Crippen LogP contribution in [-0.2, 0) is 0 Å². The first-order chi connectivity index (χ1) is 8.16. The second kappa shape index (κ2) is 5.19. The van der Waals surface area contributed by atoms with Crippen LogP contribution in [0, 0.1) is 6.92 Å². The lowest BCUT2D eigenvalue weighted by Gasteiger charge is -2.19. The van der Waals surface area contributed by atoms with Gasteiger partial charge in [0, 0.05) is 17.6 Å². The zero-order chi connectivity index (χ0) is 12.3. The molecule has 0 saturated heterocycles. The SMILES string of the molecule is Cc1ccc(C(C)NC(C)c2ccoc2)cc1. The van der Waals surface area contributed by atoms with Crippen molar-refractivity contribution >= 4 is 0 Å². The Hall–Kier alpha value is -1.54. The summed E-state index contributed by atoms with van der Waals surface area (Å²) in [6.07, 6.45) is 3.50. The van der Waals surface area contributed by atoms with Gasteiger partial charge in [-0.05, 0) is 32.4 Å². The number of rotatable bonds is 4. The third kappa shape index (κ3) is 2.98. The van der Waals surface area contributed by atoms with Crippen molar-refractivity contribution in [2.75, 3.05) is 0 Å². The zero-order valence-electron chi connectivity index (χ0n) is 10.6. The molecule has 0 bridgehead atoms. The minimum Gasteiger partial charge on any atom is -0.472 e.